The van der Waals surface area contributed by atoms with Crippen molar-refractivity contribution in [3.63, 3.8) is 0 Å². The molecule has 6 atom stereocenters. The normalized spacial score (nSPS) is 19.2. The quantitative estimate of drug-likeness (QED) is 0.0454. The highest BCUT2D eigenvalue weighted by Crippen LogP contribution is 2.39. The third kappa shape index (κ3) is 14.8. The van der Waals surface area contributed by atoms with Crippen molar-refractivity contribution in [2.24, 2.45) is 5.92 Å². The predicted molar refractivity (Wildman–Crippen MR) is 317 cm³/mol. The zero-order valence-electron chi connectivity index (χ0n) is 49.4. The Bertz CT molecular complexity index is 3330. The number of aliphatic hydroxyl groups is 1. The lowest BCUT2D eigenvalue weighted by atomic mass is 9.91. The summed E-state index contributed by atoms with van der Waals surface area (Å²) in [6.07, 6.45) is 1.54. The zero-order chi connectivity index (χ0) is 61.6. The van der Waals surface area contributed by atoms with E-state index in [4.69, 9.17) is 9.26 Å². The van der Waals surface area contributed by atoms with Gasteiger partial charge >= 0.3 is 6.18 Å². The Morgan fingerprint density at radius 1 is 0.837 bits per heavy atom. The molecule has 9 rings (SSSR count). The van der Waals surface area contributed by atoms with Crippen LogP contribution in [-0.2, 0) is 20.6 Å². The van der Waals surface area contributed by atoms with Crippen molar-refractivity contribution in [2.45, 2.75) is 129 Å². The van der Waals surface area contributed by atoms with Crippen LogP contribution in [-0.4, -0.2) is 147 Å². The molecular formula is C62H74F5N11O7S. The Hall–Kier alpha value is -7.57. The maximum absolute atomic E-state index is 16.2. The number of anilines is 3. The number of alkyl halides is 3. The molecule has 3 aromatic carbocycles. The molecule has 18 nitrogen and oxygen atoms in total. The SMILES string of the molecule is Cc1ncsc1-c1ccc([C@H](C)NC(=O)[C@@H]2C[C@@H](O)CN2C(=O)[C@@H](c2cc(OCCCCCCCC(=O)N3CCN(c4ncc(-c5cc(NC(=O)c6ccc(F)cc6C(F)(F)F)c(N6C[C@@H](C)N(C)[C@@H](C)C6)cc5F)cn4)CC3)no2)C(C)C)cc1. The van der Waals surface area contributed by atoms with Crippen LogP contribution in [0.25, 0.3) is 21.6 Å². The summed E-state index contributed by atoms with van der Waals surface area (Å²) < 4.78 is 83.7. The second kappa shape index (κ2) is 27.4. The summed E-state index contributed by atoms with van der Waals surface area (Å²) in [5.41, 5.74) is 3.08. The van der Waals surface area contributed by atoms with Gasteiger partial charge in [0.1, 0.15) is 23.6 Å². The molecule has 24 heteroatoms. The van der Waals surface area contributed by atoms with Gasteiger partial charge in [0.2, 0.25) is 23.7 Å². The van der Waals surface area contributed by atoms with Gasteiger partial charge in [-0.3, -0.25) is 24.1 Å². The zero-order valence-corrected chi connectivity index (χ0v) is 50.2. The molecule has 6 heterocycles. The molecular weight excluding hydrogens is 1140 g/mol. The van der Waals surface area contributed by atoms with Crippen LogP contribution in [0.5, 0.6) is 5.88 Å². The Balaban J connectivity index is 0.706. The van der Waals surface area contributed by atoms with E-state index in [9.17, 15) is 41.8 Å². The van der Waals surface area contributed by atoms with Crippen molar-refractivity contribution < 1.29 is 55.5 Å². The fourth-order valence-corrected chi connectivity index (χ4v) is 12.3. The minimum Gasteiger partial charge on any atom is -0.476 e. The highest BCUT2D eigenvalue weighted by molar-refractivity contribution is 7.13. The number of thiazole rings is 1. The summed E-state index contributed by atoms with van der Waals surface area (Å²) in [7, 11) is 1.97. The van der Waals surface area contributed by atoms with E-state index in [1.165, 1.54) is 29.4 Å². The number of piperazine rings is 2. The Kier molecular flexibility index (Phi) is 20.1. The molecule has 3 aliphatic rings. The molecule has 4 amide bonds. The largest absolute Gasteiger partial charge is 0.476 e. The maximum Gasteiger partial charge on any atom is 0.417 e. The van der Waals surface area contributed by atoms with E-state index in [-0.39, 0.29) is 89.2 Å². The number of ether oxygens (including phenoxy) is 1. The van der Waals surface area contributed by atoms with Gasteiger partial charge in [0.25, 0.3) is 11.8 Å². The summed E-state index contributed by atoms with van der Waals surface area (Å²) in [6, 6.07) is 12.8. The first kappa shape index (κ1) is 62.9. The van der Waals surface area contributed by atoms with Gasteiger partial charge in [0.05, 0.1) is 57.3 Å². The fraction of sp³-hybridized carbons (Fsp3) is 0.484. The minimum atomic E-state index is -5.02. The van der Waals surface area contributed by atoms with Crippen molar-refractivity contribution in [2.75, 3.05) is 74.6 Å². The van der Waals surface area contributed by atoms with Crippen LogP contribution in [0.15, 0.2) is 83.1 Å². The summed E-state index contributed by atoms with van der Waals surface area (Å²) in [5, 5.41) is 20.4. The Labute approximate surface area is 501 Å². The monoisotopic (exact) mass is 1210 g/mol. The first-order valence-electron chi connectivity index (χ1n) is 29.3. The summed E-state index contributed by atoms with van der Waals surface area (Å²) in [6.45, 7) is 14.7. The second-order valence-electron chi connectivity index (χ2n) is 23.1. The van der Waals surface area contributed by atoms with Crippen LogP contribution >= 0.6 is 11.3 Å². The molecule has 3 fully saturated rings. The number of carbonyl (C=O) groups excluding carboxylic acids is 4. The lowest BCUT2D eigenvalue weighted by molar-refractivity contribution is -0.141. The molecule has 0 aliphatic carbocycles. The standard InChI is InChI=1S/C62H74F5N11O7S/c1-36(2)56(60(83)78-34-45(79)26-52(78)59(82)71-39(5)41-14-16-42(17-15-41)57-40(6)70-35-86-57)53-29-54(73-85-53)84-24-12-10-8-9-11-13-55(80)75-20-22-76(23-21-75)61-68-30-43(31-69-61)47-27-50(51(28-49(47)64)77-32-37(3)74(7)38(4)33-77)72-58(81)46-19-18-44(63)25-48(46)62(65,66)67/h14-19,25,27-31,35-39,45,52,56,79H,8-13,20-24,26,32-34H2,1-7H3,(H,71,82)(H,72,81)/t37-,38+,39-,45+,52-,56+/m0/s1. The third-order valence-electron chi connectivity index (χ3n) is 16.6. The van der Waals surface area contributed by atoms with Gasteiger partial charge in [0, 0.05) is 100 Å². The number of nitrogens with one attached hydrogen (secondary N) is 2. The van der Waals surface area contributed by atoms with E-state index >= 15 is 4.39 Å². The van der Waals surface area contributed by atoms with Gasteiger partial charge in [0.15, 0.2) is 5.76 Å². The van der Waals surface area contributed by atoms with E-state index < -0.39 is 52.9 Å². The van der Waals surface area contributed by atoms with Gasteiger partial charge in [-0.05, 0) is 100 Å². The van der Waals surface area contributed by atoms with Crippen molar-refractivity contribution in [1.29, 1.82) is 0 Å². The molecule has 0 spiro atoms. The number of rotatable bonds is 21. The van der Waals surface area contributed by atoms with Crippen LogP contribution in [0.1, 0.15) is 124 Å². The number of hydrogen-bond acceptors (Lipinski definition) is 15. The molecule has 86 heavy (non-hydrogen) atoms. The van der Waals surface area contributed by atoms with E-state index in [0.717, 1.165) is 65.9 Å². The van der Waals surface area contributed by atoms with Gasteiger partial charge in [-0.2, -0.15) is 13.2 Å². The highest BCUT2D eigenvalue weighted by atomic mass is 32.1. The highest BCUT2D eigenvalue weighted by Gasteiger charge is 2.44. The van der Waals surface area contributed by atoms with Crippen LogP contribution in [0, 0.1) is 24.5 Å². The Morgan fingerprint density at radius 3 is 2.19 bits per heavy atom. The minimum absolute atomic E-state index is 0.00400. The Morgan fingerprint density at radius 2 is 1.52 bits per heavy atom. The summed E-state index contributed by atoms with van der Waals surface area (Å²) in [4.78, 5) is 78.4. The second-order valence-corrected chi connectivity index (χ2v) is 23.9. The molecule has 460 valence electrons. The first-order chi connectivity index (χ1) is 41.0. The third-order valence-corrected chi connectivity index (χ3v) is 17.6. The van der Waals surface area contributed by atoms with E-state index in [2.05, 4.69) is 35.6 Å². The average molecular weight is 1210 g/mol. The number of aliphatic hydroxyl groups excluding tert-OH is 1. The molecule has 3 N–H and O–H groups in total. The number of likely N-dealkylation sites (tertiary alicyclic amines) is 1. The number of amides is 4. The van der Waals surface area contributed by atoms with Crippen molar-refractivity contribution in [3.05, 3.63) is 118 Å². The number of aromatic nitrogens is 4. The lowest BCUT2D eigenvalue weighted by Crippen LogP contribution is -2.55. The average Bonchev–Trinajstić information content (AvgIpc) is 1.34. The maximum atomic E-state index is 16.2. The predicted octanol–water partition coefficient (Wildman–Crippen LogP) is 10.3. The molecule has 6 aromatic rings. The van der Waals surface area contributed by atoms with Crippen molar-refractivity contribution in [1.82, 2.24) is 40.1 Å². The molecule has 3 saturated heterocycles. The lowest BCUT2D eigenvalue weighted by Gasteiger charge is -2.44. The number of likely N-dealkylation sites (N-methyl/N-ethyl adjacent to an activating group) is 1. The topological polar surface area (TPSA) is 203 Å². The summed E-state index contributed by atoms with van der Waals surface area (Å²) >= 11 is 1.57. The van der Waals surface area contributed by atoms with Crippen molar-refractivity contribution >= 4 is 52.3 Å². The number of nitrogens with zero attached hydrogens (tertiary/aromatic N) is 9. The van der Waals surface area contributed by atoms with Crippen LogP contribution in [0.3, 0.4) is 0 Å². The number of benzene rings is 3. The molecule has 0 bridgehead atoms. The molecule has 3 aliphatic heterocycles. The number of aryl methyl sites for hydroxylation is 1. The fourth-order valence-electron chi connectivity index (χ4n) is 11.5. The van der Waals surface area contributed by atoms with E-state index in [1.807, 2.05) is 93.1 Å². The van der Waals surface area contributed by atoms with Crippen LogP contribution in [0.4, 0.5) is 39.3 Å². The molecule has 0 unspecified atom stereocenters. The van der Waals surface area contributed by atoms with Crippen LogP contribution < -0.4 is 25.2 Å². The van der Waals surface area contributed by atoms with Gasteiger partial charge in [-0.1, -0.05) is 57.4 Å². The van der Waals surface area contributed by atoms with E-state index in [1.54, 1.807) is 17.4 Å². The first-order valence-corrected chi connectivity index (χ1v) is 30.1. The van der Waals surface area contributed by atoms with Crippen LogP contribution in [0.2, 0.25) is 0 Å². The number of β-amino-alcohol motifs (C(OH)–C–C–N with tert-alkyl or cyclic N) is 1. The number of carbonyl (C=O) groups is 4. The molecule has 0 radical (unpaired) electrons. The van der Waals surface area contributed by atoms with Gasteiger partial charge in [-0.15, -0.1) is 11.3 Å². The molecule has 0 saturated carbocycles. The summed E-state index contributed by atoms with van der Waals surface area (Å²) in [5.74, 6) is -3.65. The smallest absolute Gasteiger partial charge is 0.417 e. The number of hydrogen-bond donors (Lipinski definition) is 3. The number of unbranched alkanes of at least 4 members (excludes halogenated alkanes) is 4. The van der Waals surface area contributed by atoms with Gasteiger partial charge in [-0.25, -0.2) is 23.7 Å². The van der Waals surface area contributed by atoms with Gasteiger partial charge < -0.3 is 44.6 Å². The molecule has 3 aromatic heterocycles. The van der Waals surface area contributed by atoms with E-state index in [0.29, 0.717) is 64.0 Å². The number of halogens is 5. The van der Waals surface area contributed by atoms with Crippen molar-refractivity contribution in [3.8, 4) is 27.4 Å².